The first-order valence-electron chi connectivity index (χ1n) is 10.7. The molecular weight excluding hydrogens is 464 g/mol. The van der Waals surface area contributed by atoms with E-state index in [1.54, 1.807) is 15.5 Å². The molecule has 0 fully saturated rings. The van der Waals surface area contributed by atoms with Crippen molar-refractivity contribution in [1.29, 1.82) is 5.41 Å². The maximum absolute atomic E-state index is 13.1. The first-order chi connectivity index (χ1) is 16.6. The van der Waals surface area contributed by atoms with E-state index in [4.69, 9.17) is 15.5 Å². The summed E-state index contributed by atoms with van der Waals surface area (Å²) in [5.41, 5.74) is 4.31. The van der Waals surface area contributed by atoms with Crippen LogP contribution in [0.5, 0.6) is 0 Å². The summed E-state index contributed by atoms with van der Waals surface area (Å²) in [5, 5.41) is 17.0. The quantitative estimate of drug-likeness (QED) is 0.398. The number of aryl methyl sites for hydroxylation is 1. The van der Waals surface area contributed by atoms with Gasteiger partial charge in [0.05, 0.1) is 22.7 Å². The molecule has 0 spiro atoms. The SMILES string of the molecule is CCc1nn2c(/C=C3/C(=N)N4C(c5ccccc5)=CSC4=NC3=O)c(-c3ccccc3)nc2s1. The number of rotatable bonds is 4. The van der Waals surface area contributed by atoms with Gasteiger partial charge in [0.15, 0.2) is 5.17 Å². The van der Waals surface area contributed by atoms with Crippen molar-refractivity contribution in [3.05, 3.63) is 87.9 Å². The van der Waals surface area contributed by atoms with Crippen LogP contribution in [0, 0.1) is 5.41 Å². The highest BCUT2D eigenvalue weighted by Crippen LogP contribution is 2.38. The summed E-state index contributed by atoms with van der Waals surface area (Å²) in [7, 11) is 0. The standard InChI is InChI=1S/C25H18N6OS2/c1-2-20-29-31-18(21(27-25(31)34-20)16-11-7-4-8-12-16)13-17-22(26)30-19(15-9-5-3-6-10-15)14-33-24(30)28-23(17)32/h3-14,26H,2H2,1H3/b17-13-,26-22?. The highest BCUT2D eigenvalue weighted by atomic mass is 32.2. The van der Waals surface area contributed by atoms with Crippen LogP contribution in [-0.4, -0.2) is 36.4 Å². The number of hydrogen-bond donors (Lipinski definition) is 1. The van der Waals surface area contributed by atoms with Crippen molar-refractivity contribution in [2.45, 2.75) is 13.3 Å². The summed E-state index contributed by atoms with van der Waals surface area (Å²) in [4.78, 5) is 24.7. The predicted octanol–water partition coefficient (Wildman–Crippen LogP) is 5.32. The number of carbonyl (C=O) groups is 1. The van der Waals surface area contributed by atoms with E-state index in [1.165, 1.54) is 23.1 Å². The summed E-state index contributed by atoms with van der Waals surface area (Å²) < 4.78 is 1.77. The number of nitrogens with one attached hydrogen (secondary N) is 1. The van der Waals surface area contributed by atoms with Crippen LogP contribution in [0.3, 0.4) is 0 Å². The van der Waals surface area contributed by atoms with Crippen molar-refractivity contribution in [3.8, 4) is 11.3 Å². The molecular formula is C25H18N6OS2. The van der Waals surface area contributed by atoms with Crippen LogP contribution in [0.25, 0.3) is 28.0 Å². The first-order valence-corrected chi connectivity index (χ1v) is 12.4. The molecule has 1 N–H and O–H groups in total. The number of benzene rings is 2. The molecule has 34 heavy (non-hydrogen) atoms. The molecule has 7 nitrogen and oxygen atoms in total. The third-order valence-electron chi connectivity index (χ3n) is 5.59. The molecule has 1 amide bonds. The molecule has 0 unspecified atom stereocenters. The first kappa shape index (κ1) is 20.8. The summed E-state index contributed by atoms with van der Waals surface area (Å²) >= 11 is 2.88. The molecule has 0 aliphatic carbocycles. The van der Waals surface area contributed by atoms with Gasteiger partial charge < -0.3 is 0 Å². The highest BCUT2D eigenvalue weighted by molar-refractivity contribution is 8.17. The van der Waals surface area contributed by atoms with E-state index in [1.807, 2.05) is 73.0 Å². The second-order valence-electron chi connectivity index (χ2n) is 7.68. The minimum Gasteiger partial charge on any atom is -0.283 e. The fraction of sp³-hybridized carbons (Fsp3) is 0.0800. The fourth-order valence-corrected chi connectivity index (χ4v) is 5.66. The van der Waals surface area contributed by atoms with Crippen LogP contribution in [0.2, 0.25) is 0 Å². The number of thioether (sulfide) groups is 1. The molecule has 0 saturated heterocycles. The summed E-state index contributed by atoms with van der Waals surface area (Å²) in [6, 6.07) is 19.6. The molecule has 0 bridgehead atoms. The van der Waals surface area contributed by atoms with Crippen molar-refractivity contribution in [2.24, 2.45) is 4.99 Å². The maximum Gasteiger partial charge on any atom is 0.283 e. The molecule has 4 heterocycles. The van der Waals surface area contributed by atoms with E-state index < -0.39 is 5.91 Å². The number of fused-ring (bicyclic) bond motifs is 2. The van der Waals surface area contributed by atoms with Crippen LogP contribution in [0.4, 0.5) is 0 Å². The smallest absolute Gasteiger partial charge is 0.283 e. The maximum atomic E-state index is 13.1. The van der Waals surface area contributed by atoms with Crippen molar-refractivity contribution >= 4 is 56.7 Å². The molecule has 2 aromatic heterocycles. The number of carbonyl (C=O) groups excluding carboxylic acids is 1. The van der Waals surface area contributed by atoms with E-state index >= 15 is 0 Å². The van der Waals surface area contributed by atoms with E-state index in [2.05, 4.69) is 4.99 Å². The Balaban J connectivity index is 1.50. The van der Waals surface area contributed by atoms with E-state index in [9.17, 15) is 4.79 Å². The number of amidine groups is 2. The lowest BCUT2D eigenvalue weighted by Crippen LogP contribution is -2.38. The molecule has 4 aromatic rings. The number of amides is 1. The van der Waals surface area contributed by atoms with Gasteiger partial charge in [0.2, 0.25) is 4.96 Å². The van der Waals surface area contributed by atoms with Crippen LogP contribution in [0.1, 0.15) is 23.2 Å². The van der Waals surface area contributed by atoms with E-state index in [0.717, 1.165) is 38.9 Å². The average molecular weight is 483 g/mol. The molecule has 0 radical (unpaired) electrons. The molecule has 0 atom stereocenters. The van der Waals surface area contributed by atoms with Gasteiger partial charge in [0.25, 0.3) is 5.91 Å². The Bertz CT molecular complexity index is 1550. The molecule has 166 valence electrons. The van der Waals surface area contributed by atoms with Crippen molar-refractivity contribution < 1.29 is 4.79 Å². The molecule has 2 aromatic carbocycles. The van der Waals surface area contributed by atoms with Crippen LogP contribution in [0.15, 0.2) is 76.6 Å². The average Bonchev–Trinajstić information content (AvgIpc) is 3.56. The van der Waals surface area contributed by atoms with Gasteiger partial charge >= 0.3 is 0 Å². The van der Waals surface area contributed by atoms with Gasteiger partial charge in [0, 0.05) is 11.0 Å². The summed E-state index contributed by atoms with van der Waals surface area (Å²) in [5.74, 6) is -0.346. The molecule has 0 saturated carbocycles. The second-order valence-corrected chi connectivity index (χ2v) is 9.56. The largest absolute Gasteiger partial charge is 0.283 e. The Morgan fingerprint density at radius 3 is 2.44 bits per heavy atom. The Kier molecular flexibility index (Phi) is 5.00. The lowest BCUT2D eigenvalue weighted by atomic mass is 10.1. The van der Waals surface area contributed by atoms with Crippen molar-refractivity contribution in [1.82, 2.24) is 19.5 Å². The minimum atomic E-state index is -0.439. The van der Waals surface area contributed by atoms with Gasteiger partial charge in [0.1, 0.15) is 10.8 Å². The van der Waals surface area contributed by atoms with Gasteiger partial charge in [-0.1, -0.05) is 90.7 Å². The third kappa shape index (κ3) is 3.32. The zero-order valence-corrected chi connectivity index (χ0v) is 19.7. The van der Waals surface area contributed by atoms with Gasteiger partial charge in [-0.15, -0.1) is 0 Å². The number of nitrogens with zero attached hydrogens (tertiary/aromatic N) is 5. The van der Waals surface area contributed by atoms with Gasteiger partial charge in [-0.25, -0.2) is 9.50 Å². The Morgan fingerprint density at radius 1 is 1.03 bits per heavy atom. The Labute approximate surface area is 203 Å². The van der Waals surface area contributed by atoms with Crippen LogP contribution < -0.4 is 0 Å². The predicted molar refractivity (Wildman–Crippen MR) is 138 cm³/mol. The van der Waals surface area contributed by atoms with E-state index in [0.29, 0.717) is 10.9 Å². The van der Waals surface area contributed by atoms with Gasteiger partial charge in [-0.3, -0.25) is 15.1 Å². The van der Waals surface area contributed by atoms with Gasteiger partial charge in [-0.2, -0.15) is 10.1 Å². The zero-order chi connectivity index (χ0) is 23.2. The minimum absolute atomic E-state index is 0.0926. The lowest BCUT2D eigenvalue weighted by molar-refractivity contribution is -0.114. The highest BCUT2D eigenvalue weighted by Gasteiger charge is 2.36. The monoisotopic (exact) mass is 482 g/mol. The number of hydrogen-bond acceptors (Lipinski definition) is 6. The number of imidazole rings is 1. The normalized spacial score (nSPS) is 16.9. The van der Waals surface area contributed by atoms with Crippen LogP contribution >= 0.6 is 23.1 Å². The third-order valence-corrected chi connectivity index (χ3v) is 7.47. The Morgan fingerprint density at radius 2 is 1.74 bits per heavy atom. The molecule has 6 rings (SSSR count). The second kappa shape index (κ2) is 8.19. The van der Waals surface area contributed by atoms with Crippen molar-refractivity contribution in [3.63, 3.8) is 0 Å². The van der Waals surface area contributed by atoms with Gasteiger partial charge in [-0.05, 0) is 18.1 Å². The molecule has 2 aliphatic heterocycles. The van der Waals surface area contributed by atoms with Crippen LogP contribution in [-0.2, 0) is 11.2 Å². The number of aromatic nitrogens is 3. The fourth-order valence-electron chi connectivity index (χ4n) is 3.94. The Hall–Kier alpha value is -3.82. The number of aliphatic imine (C=N–C) groups is 1. The van der Waals surface area contributed by atoms with Crippen molar-refractivity contribution in [2.75, 3.05) is 0 Å². The molecule has 2 aliphatic rings. The topological polar surface area (TPSA) is 86.7 Å². The van der Waals surface area contributed by atoms with E-state index in [-0.39, 0.29) is 11.4 Å². The summed E-state index contributed by atoms with van der Waals surface area (Å²) in [6.07, 6.45) is 2.50. The summed E-state index contributed by atoms with van der Waals surface area (Å²) in [6.45, 7) is 2.05. The lowest BCUT2D eigenvalue weighted by Gasteiger charge is -2.26. The zero-order valence-electron chi connectivity index (χ0n) is 18.1. The molecule has 9 heteroatoms.